The number of halogens is 2. The van der Waals surface area contributed by atoms with Gasteiger partial charge >= 0.3 is 5.97 Å². The molecule has 5 nitrogen and oxygen atoms in total. The second kappa shape index (κ2) is 8.07. The van der Waals surface area contributed by atoms with Crippen LogP contribution in [0.4, 0.5) is 9.39 Å². The highest BCUT2D eigenvalue weighted by Crippen LogP contribution is 2.26. The number of nitrogens with one attached hydrogen (secondary N) is 1. The lowest BCUT2D eigenvalue weighted by atomic mass is 10.3. The Labute approximate surface area is 144 Å². The Balaban J connectivity index is 1.95. The van der Waals surface area contributed by atoms with Crippen LogP contribution in [0.1, 0.15) is 17.3 Å². The van der Waals surface area contributed by atoms with Crippen LogP contribution >= 0.6 is 27.3 Å². The molecule has 1 aromatic heterocycles. The zero-order chi connectivity index (χ0) is 16.8. The lowest BCUT2D eigenvalue weighted by Crippen LogP contribution is -2.21. The van der Waals surface area contributed by atoms with E-state index in [9.17, 15) is 14.0 Å². The third-order valence-corrected chi connectivity index (χ3v) is 4.12. The fourth-order valence-electron chi connectivity index (χ4n) is 1.67. The van der Waals surface area contributed by atoms with Crippen molar-refractivity contribution in [3.8, 4) is 5.75 Å². The average Bonchev–Trinajstić information content (AvgIpc) is 2.94. The molecule has 1 amide bonds. The average molecular weight is 402 g/mol. The van der Waals surface area contributed by atoms with Crippen LogP contribution in [0.15, 0.2) is 34.1 Å². The summed E-state index contributed by atoms with van der Waals surface area (Å²) in [6.07, 6.45) is 0. The zero-order valence-electron chi connectivity index (χ0n) is 12.1. The van der Waals surface area contributed by atoms with Crippen LogP contribution < -0.4 is 10.1 Å². The SMILES string of the molecule is CCOC(=O)c1ccsc1NC(=O)COc1ccc(F)cc1Br. The Kier molecular flexibility index (Phi) is 6.12. The van der Waals surface area contributed by atoms with Crippen LogP contribution in [0, 0.1) is 5.82 Å². The Hall–Kier alpha value is -1.93. The number of ether oxygens (including phenoxy) is 2. The van der Waals surface area contributed by atoms with Crippen LogP contribution in [0.5, 0.6) is 5.75 Å². The Bertz CT molecular complexity index is 719. The molecule has 1 N–H and O–H groups in total. The lowest BCUT2D eigenvalue weighted by Gasteiger charge is -2.09. The standard InChI is InChI=1S/C15H13BrFNO4S/c1-2-21-15(20)10-5-6-23-14(10)18-13(19)8-22-12-4-3-9(17)7-11(12)16/h3-7H,2,8H2,1H3,(H,18,19). The van der Waals surface area contributed by atoms with Crippen LogP contribution in [0.25, 0.3) is 0 Å². The molecule has 1 heterocycles. The van der Waals surface area contributed by atoms with Gasteiger partial charge in [-0.3, -0.25) is 4.79 Å². The number of carbonyl (C=O) groups excluding carboxylic acids is 2. The Morgan fingerprint density at radius 1 is 1.35 bits per heavy atom. The van der Waals surface area contributed by atoms with Crippen molar-refractivity contribution in [2.75, 3.05) is 18.5 Å². The number of amides is 1. The minimum atomic E-state index is -0.494. The minimum Gasteiger partial charge on any atom is -0.483 e. The first kappa shape index (κ1) is 17.4. The van der Waals surface area contributed by atoms with Crippen molar-refractivity contribution in [1.82, 2.24) is 0 Å². The molecule has 2 rings (SSSR count). The molecule has 1 aromatic carbocycles. The van der Waals surface area contributed by atoms with Gasteiger partial charge in [0.15, 0.2) is 6.61 Å². The molecule has 0 aliphatic rings. The molecular formula is C15H13BrFNO4S. The predicted octanol–water partition coefficient (Wildman–Crippen LogP) is 3.84. The van der Waals surface area contributed by atoms with Gasteiger partial charge in [0.25, 0.3) is 5.91 Å². The van der Waals surface area contributed by atoms with E-state index >= 15 is 0 Å². The number of hydrogen-bond donors (Lipinski definition) is 1. The molecule has 23 heavy (non-hydrogen) atoms. The summed E-state index contributed by atoms with van der Waals surface area (Å²) in [6, 6.07) is 5.47. The second-order valence-corrected chi connectivity index (χ2v) is 6.07. The van der Waals surface area contributed by atoms with E-state index in [-0.39, 0.29) is 13.2 Å². The number of thiophene rings is 1. The molecule has 122 valence electrons. The van der Waals surface area contributed by atoms with Gasteiger partial charge in [0, 0.05) is 0 Å². The summed E-state index contributed by atoms with van der Waals surface area (Å²) >= 11 is 4.36. The smallest absolute Gasteiger partial charge is 0.341 e. The third-order valence-electron chi connectivity index (χ3n) is 2.67. The maximum Gasteiger partial charge on any atom is 0.341 e. The summed E-state index contributed by atoms with van der Waals surface area (Å²) in [6.45, 7) is 1.69. The molecule has 2 aromatic rings. The fourth-order valence-corrected chi connectivity index (χ4v) is 2.93. The maximum atomic E-state index is 13.0. The first-order valence-electron chi connectivity index (χ1n) is 6.63. The second-order valence-electron chi connectivity index (χ2n) is 4.30. The molecule has 0 saturated heterocycles. The first-order valence-corrected chi connectivity index (χ1v) is 8.30. The van der Waals surface area contributed by atoms with Gasteiger partial charge in [-0.15, -0.1) is 11.3 Å². The van der Waals surface area contributed by atoms with Crippen molar-refractivity contribution in [1.29, 1.82) is 0 Å². The topological polar surface area (TPSA) is 64.6 Å². The molecule has 0 spiro atoms. The normalized spacial score (nSPS) is 10.2. The number of carbonyl (C=O) groups is 2. The molecule has 0 aliphatic heterocycles. The van der Waals surface area contributed by atoms with Crippen molar-refractivity contribution < 1.29 is 23.5 Å². The van der Waals surface area contributed by atoms with Crippen molar-refractivity contribution in [3.63, 3.8) is 0 Å². The van der Waals surface area contributed by atoms with Crippen molar-refractivity contribution in [2.24, 2.45) is 0 Å². The Morgan fingerprint density at radius 2 is 2.13 bits per heavy atom. The zero-order valence-corrected chi connectivity index (χ0v) is 14.5. The molecule has 0 fully saturated rings. The summed E-state index contributed by atoms with van der Waals surface area (Å²) in [5.41, 5.74) is 0.299. The van der Waals surface area contributed by atoms with Crippen molar-refractivity contribution in [2.45, 2.75) is 6.92 Å². The summed E-state index contributed by atoms with van der Waals surface area (Å²) in [7, 11) is 0. The summed E-state index contributed by atoms with van der Waals surface area (Å²) in [5, 5.41) is 4.67. The largest absolute Gasteiger partial charge is 0.483 e. The van der Waals surface area contributed by atoms with Crippen LogP contribution in [0.3, 0.4) is 0 Å². The van der Waals surface area contributed by atoms with Gasteiger partial charge in [0.1, 0.15) is 16.6 Å². The van der Waals surface area contributed by atoms with E-state index in [1.807, 2.05) is 0 Å². The van der Waals surface area contributed by atoms with E-state index in [1.165, 1.54) is 29.5 Å². The van der Waals surface area contributed by atoms with Crippen LogP contribution in [-0.2, 0) is 9.53 Å². The molecule has 0 unspecified atom stereocenters. The molecule has 0 atom stereocenters. The monoisotopic (exact) mass is 401 g/mol. The van der Waals surface area contributed by atoms with Gasteiger partial charge < -0.3 is 14.8 Å². The highest BCUT2D eigenvalue weighted by atomic mass is 79.9. The Morgan fingerprint density at radius 3 is 2.83 bits per heavy atom. The van der Waals surface area contributed by atoms with Gasteiger partial charge in [-0.1, -0.05) is 0 Å². The number of esters is 1. The quantitative estimate of drug-likeness (QED) is 0.746. The molecule has 0 bridgehead atoms. The van der Waals surface area contributed by atoms with Gasteiger partial charge in [0.2, 0.25) is 0 Å². The molecule has 0 saturated carbocycles. The van der Waals surface area contributed by atoms with Crippen LogP contribution in [0.2, 0.25) is 0 Å². The molecular weight excluding hydrogens is 389 g/mol. The van der Waals surface area contributed by atoms with E-state index in [1.54, 1.807) is 18.4 Å². The molecule has 8 heteroatoms. The van der Waals surface area contributed by atoms with E-state index in [0.29, 0.717) is 20.8 Å². The maximum absolute atomic E-state index is 13.0. The number of hydrogen-bond acceptors (Lipinski definition) is 5. The lowest BCUT2D eigenvalue weighted by molar-refractivity contribution is -0.118. The van der Waals surface area contributed by atoms with E-state index < -0.39 is 17.7 Å². The van der Waals surface area contributed by atoms with Crippen molar-refractivity contribution in [3.05, 3.63) is 45.5 Å². The number of benzene rings is 1. The van der Waals surface area contributed by atoms with E-state index in [0.717, 1.165) is 0 Å². The number of rotatable bonds is 6. The van der Waals surface area contributed by atoms with Gasteiger partial charge in [-0.2, -0.15) is 0 Å². The highest BCUT2D eigenvalue weighted by molar-refractivity contribution is 9.10. The third kappa shape index (κ3) is 4.77. The molecule has 0 radical (unpaired) electrons. The van der Waals surface area contributed by atoms with Gasteiger partial charge in [0.05, 0.1) is 16.6 Å². The van der Waals surface area contributed by atoms with E-state index in [2.05, 4.69) is 21.2 Å². The molecule has 0 aliphatic carbocycles. The van der Waals surface area contributed by atoms with Crippen molar-refractivity contribution >= 4 is 44.1 Å². The van der Waals surface area contributed by atoms with Gasteiger partial charge in [-0.05, 0) is 52.5 Å². The van der Waals surface area contributed by atoms with Gasteiger partial charge in [-0.25, -0.2) is 9.18 Å². The van der Waals surface area contributed by atoms with Crippen LogP contribution in [-0.4, -0.2) is 25.1 Å². The number of anilines is 1. The fraction of sp³-hybridized carbons (Fsp3) is 0.200. The first-order chi connectivity index (χ1) is 11.0. The predicted molar refractivity (Wildman–Crippen MR) is 88.5 cm³/mol. The summed E-state index contributed by atoms with van der Waals surface area (Å²) in [4.78, 5) is 23.6. The highest BCUT2D eigenvalue weighted by Gasteiger charge is 2.16. The summed E-state index contributed by atoms with van der Waals surface area (Å²) in [5.74, 6) is -0.995. The summed E-state index contributed by atoms with van der Waals surface area (Å²) < 4.78 is 23.6. The minimum absolute atomic E-state index is 0.254. The van der Waals surface area contributed by atoms with E-state index in [4.69, 9.17) is 9.47 Å².